The molecule has 0 radical (unpaired) electrons. The Morgan fingerprint density at radius 1 is 1.24 bits per heavy atom. The molecule has 0 unspecified atom stereocenters. The summed E-state index contributed by atoms with van der Waals surface area (Å²) in [7, 11) is 4.38. The fourth-order valence-electron chi connectivity index (χ4n) is 2.42. The maximum absolute atomic E-state index is 2.33. The topological polar surface area (TPSA) is 3.01 Å². The zero-order valence-electron chi connectivity index (χ0n) is 11.7. The van der Waals surface area contributed by atoms with Gasteiger partial charge in [-0.05, 0) is 36.4 Å². The number of allylic oxidation sites excluding steroid dienone is 1. The van der Waals surface area contributed by atoms with E-state index >= 15 is 0 Å². The lowest BCUT2D eigenvalue weighted by molar-refractivity contribution is -0.464. The minimum absolute atomic E-state index is 0.819. The quantitative estimate of drug-likeness (QED) is 0.298. The second kappa shape index (κ2) is 8.79. The molecule has 0 heterocycles. The Bertz CT molecular complexity index is 258. The van der Waals surface area contributed by atoms with E-state index in [0.29, 0.717) is 0 Å². The number of unbranched alkanes of at least 4 members (excludes halogenated alkanes) is 2. The molecule has 1 aliphatic rings. The van der Waals surface area contributed by atoms with Gasteiger partial charge in [-0.1, -0.05) is 45.1 Å². The summed E-state index contributed by atoms with van der Waals surface area (Å²) in [5, 5.41) is 3.87. The molecule has 0 bridgehead atoms. The lowest BCUT2D eigenvalue weighted by atomic mass is 9.90. The predicted octanol–water partition coefficient (Wildman–Crippen LogP) is 4.67. The maximum Gasteiger partial charge on any atom is 0.217 e. The van der Waals surface area contributed by atoms with Crippen LogP contribution in [-0.4, -0.2) is 23.7 Å². The highest BCUT2D eigenvalue weighted by atomic mass is 32.2. The van der Waals surface area contributed by atoms with Gasteiger partial charge in [0, 0.05) is 0 Å². The van der Waals surface area contributed by atoms with Crippen molar-refractivity contribution in [2.24, 2.45) is 5.92 Å². The summed E-state index contributed by atoms with van der Waals surface area (Å²) in [5.74, 6) is 0.819. The van der Waals surface area contributed by atoms with Gasteiger partial charge in [0.15, 0.2) is 0 Å². The average Bonchev–Trinajstić information content (AvgIpc) is 2.34. The minimum atomic E-state index is 0.819. The van der Waals surface area contributed by atoms with Gasteiger partial charge in [-0.15, -0.1) is 0 Å². The molecule has 0 aromatic rings. The molecule has 1 aliphatic carbocycles. The van der Waals surface area contributed by atoms with Gasteiger partial charge < -0.3 is 0 Å². The lowest BCUT2D eigenvalue weighted by Crippen LogP contribution is -2.22. The van der Waals surface area contributed by atoms with Crippen LogP contribution in [0.1, 0.15) is 58.3 Å². The first kappa shape index (κ1) is 14.8. The van der Waals surface area contributed by atoms with Crippen LogP contribution in [-0.2, 0) is 0 Å². The Morgan fingerprint density at radius 3 is 2.53 bits per heavy atom. The molecule has 0 aliphatic heterocycles. The Labute approximate surface area is 111 Å². The van der Waals surface area contributed by atoms with Crippen LogP contribution in [0, 0.1) is 5.92 Å². The van der Waals surface area contributed by atoms with Crippen LogP contribution in [0.25, 0.3) is 0 Å². The van der Waals surface area contributed by atoms with E-state index in [4.69, 9.17) is 0 Å². The van der Waals surface area contributed by atoms with Crippen molar-refractivity contribution in [2.45, 2.75) is 58.3 Å². The monoisotopic (exact) mass is 254 g/mol. The van der Waals surface area contributed by atoms with Crippen molar-refractivity contribution >= 4 is 16.8 Å². The molecule has 17 heavy (non-hydrogen) atoms. The molecule has 0 N–H and O–H groups in total. The van der Waals surface area contributed by atoms with Crippen LogP contribution in [0.5, 0.6) is 0 Å². The number of hydrogen-bond acceptors (Lipinski definition) is 1. The fourth-order valence-corrected chi connectivity index (χ4v) is 3.43. The Morgan fingerprint density at radius 2 is 1.94 bits per heavy atom. The zero-order valence-corrected chi connectivity index (χ0v) is 12.6. The molecule has 2 heteroatoms. The van der Waals surface area contributed by atoms with Gasteiger partial charge in [0.1, 0.15) is 14.1 Å². The van der Waals surface area contributed by atoms with Gasteiger partial charge in [0.25, 0.3) is 0 Å². The fraction of sp³-hybridized carbons (Fsp3) is 0.800. The number of thioether (sulfide) groups is 1. The normalized spacial score (nSPS) is 17.6. The predicted molar refractivity (Wildman–Crippen MR) is 79.9 cm³/mol. The van der Waals surface area contributed by atoms with E-state index in [1.54, 1.807) is 5.04 Å². The standard InChI is InChI=1S/C15H28NS/c1-4-5-6-10-13-17-15(16(2)3)14-11-8-7-9-12-14/h10,13-14H,4-9,11-12H2,1-3H3/q+1/b13-10-. The summed E-state index contributed by atoms with van der Waals surface area (Å²) in [4.78, 5) is 0. The zero-order chi connectivity index (χ0) is 12.5. The van der Waals surface area contributed by atoms with Gasteiger partial charge in [0.05, 0.1) is 5.92 Å². The van der Waals surface area contributed by atoms with E-state index in [2.05, 4.69) is 37.1 Å². The van der Waals surface area contributed by atoms with Crippen molar-refractivity contribution in [1.82, 2.24) is 0 Å². The lowest BCUT2D eigenvalue weighted by Gasteiger charge is -2.20. The van der Waals surface area contributed by atoms with Crippen molar-refractivity contribution in [3.05, 3.63) is 11.5 Å². The summed E-state index contributed by atoms with van der Waals surface area (Å²) in [5.41, 5.74) is 0. The molecule has 0 amide bonds. The highest BCUT2D eigenvalue weighted by Crippen LogP contribution is 2.29. The van der Waals surface area contributed by atoms with Crippen LogP contribution in [0.3, 0.4) is 0 Å². The third-order valence-electron chi connectivity index (χ3n) is 3.40. The van der Waals surface area contributed by atoms with Gasteiger partial charge in [-0.3, -0.25) is 0 Å². The van der Waals surface area contributed by atoms with Crippen LogP contribution in [0.15, 0.2) is 11.5 Å². The highest BCUT2D eigenvalue weighted by Gasteiger charge is 2.24. The molecule has 1 saturated carbocycles. The summed E-state index contributed by atoms with van der Waals surface area (Å²) in [6.45, 7) is 2.25. The van der Waals surface area contributed by atoms with Crippen LogP contribution in [0.2, 0.25) is 0 Å². The molecular weight excluding hydrogens is 226 g/mol. The highest BCUT2D eigenvalue weighted by molar-refractivity contribution is 8.16. The van der Waals surface area contributed by atoms with Crippen LogP contribution < -0.4 is 0 Å². The number of hydrogen-bond donors (Lipinski definition) is 0. The maximum atomic E-state index is 2.33. The molecule has 1 nitrogen and oxygen atoms in total. The SMILES string of the molecule is CCCC/C=C\SC(C1CCCCC1)=[N+](C)C. The van der Waals surface area contributed by atoms with Crippen molar-refractivity contribution in [3.63, 3.8) is 0 Å². The van der Waals surface area contributed by atoms with Crippen LogP contribution >= 0.6 is 11.8 Å². The van der Waals surface area contributed by atoms with Crippen molar-refractivity contribution < 1.29 is 4.58 Å². The first-order valence-electron chi connectivity index (χ1n) is 7.11. The van der Waals surface area contributed by atoms with Crippen molar-refractivity contribution in [1.29, 1.82) is 0 Å². The van der Waals surface area contributed by atoms with Gasteiger partial charge in [-0.2, -0.15) is 0 Å². The Hall–Kier alpha value is -0.240. The van der Waals surface area contributed by atoms with Gasteiger partial charge in [-0.25, -0.2) is 4.58 Å². The summed E-state index contributed by atoms with van der Waals surface area (Å²) >= 11 is 1.95. The average molecular weight is 254 g/mol. The molecule has 1 fully saturated rings. The summed E-state index contributed by atoms with van der Waals surface area (Å²) in [6, 6.07) is 0. The molecule has 0 aromatic heterocycles. The van der Waals surface area contributed by atoms with E-state index in [0.717, 1.165) is 5.92 Å². The largest absolute Gasteiger partial charge is 0.233 e. The second-order valence-electron chi connectivity index (χ2n) is 5.20. The molecule has 1 rings (SSSR count). The first-order valence-corrected chi connectivity index (χ1v) is 7.99. The van der Waals surface area contributed by atoms with Crippen molar-refractivity contribution in [3.8, 4) is 0 Å². The Balaban J connectivity index is 2.44. The molecular formula is C15H28NS+. The molecule has 98 valence electrons. The van der Waals surface area contributed by atoms with E-state index in [-0.39, 0.29) is 0 Å². The second-order valence-corrected chi connectivity index (χ2v) is 6.13. The molecule has 0 atom stereocenters. The first-order chi connectivity index (χ1) is 8.25. The molecule has 0 aromatic carbocycles. The van der Waals surface area contributed by atoms with Gasteiger partial charge >= 0.3 is 0 Å². The third kappa shape index (κ3) is 5.76. The molecule has 0 saturated heterocycles. The van der Waals surface area contributed by atoms with Gasteiger partial charge in [0.2, 0.25) is 5.04 Å². The van der Waals surface area contributed by atoms with Crippen molar-refractivity contribution in [2.75, 3.05) is 14.1 Å². The number of nitrogens with zero attached hydrogens (tertiary/aromatic N) is 1. The smallest absolute Gasteiger partial charge is 0.217 e. The van der Waals surface area contributed by atoms with E-state index in [1.165, 1.54) is 51.4 Å². The molecule has 0 spiro atoms. The van der Waals surface area contributed by atoms with E-state index in [9.17, 15) is 0 Å². The van der Waals surface area contributed by atoms with Crippen LogP contribution in [0.4, 0.5) is 0 Å². The third-order valence-corrected chi connectivity index (χ3v) is 4.67. The Kier molecular flexibility index (Phi) is 7.67. The summed E-state index contributed by atoms with van der Waals surface area (Å²) in [6.07, 6.45) is 13.2. The van der Waals surface area contributed by atoms with E-state index in [1.807, 2.05) is 11.8 Å². The minimum Gasteiger partial charge on any atom is -0.233 e. The number of rotatable bonds is 5. The summed E-state index contributed by atoms with van der Waals surface area (Å²) < 4.78 is 2.32. The van der Waals surface area contributed by atoms with E-state index < -0.39 is 0 Å².